The number of hydrogen-bond donors (Lipinski definition) is 0. The van der Waals surface area contributed by atoms with Gasteiger partial charge in [0.1, 0.15) is 0 Å². The minimum Gasteiger partial charge on any atom is -0.208 e. The average Bonchev–Trinajstić information content (AvgIpc) is 3.59. The zero-order valence-electron chi connectivity index (χ0n) is 30.0. The van der Waals surface area contributed by atoms with E-state index in [1.807, 2.05) is 24.3 Å². The van der Waals surface area contributed by atoms with Crippen LogP contribution in [0, 0.1) is 0 Å². The second-order valence-corrected chi connectivity index (χ2v) is 14.0. The van der Waals surface area contributed by atoms with E-state index >= 15 is 0 Å². The van der Waals surface area contributed by atoms with Crippen LogP contribution in [0.1, 0.15) is 22.3 Å². The van der Waals surface area contributed by atoms with Gasteiger partial charge in [-0.1, -0.05) is 200 Å². The molecule has 1 aliphatic carbocycles. The lowest BCUT2D eigenvalue weighted by atomic mass is 9.67. The van der Waals surface area contributed by atoms with Gasteiger partial charge < -0.3 is 0 Å². The lowest BCUT2D eigenvalue weighted by molar-refractivity contribution is 0.768. The second kappa shape index (κ2) is 13.6. The van der Waals surface area contributed by atoms with E-state index in [1.165, 1.54) is 38.9 Å². The molecule has 0 amide bonds. The molecule has 0 aliphatic heterocycles. The summed E-state index contributed by atoms with van der Waals surface area (Å²) in [5.74, 6) is 1.91. The SMILES string of the molecule is c1ccc(-c2cccc(-c3nc(-c4ccccc4)nc(-c4cccc(-c5cccc6c5-c5ccccc5C6(c5ccccc5)c5ccccc5)c4)n3)c2)cc1. The molecule has 0 radical (unpaired) electrons. The van der Waals surface area contributed by atoms with Gasteiger partial charge in [-0.05, 0) is 67.8 Å². The van der Waals surface area contributed by atoms with Gasteiger partial charge in [-0.25, -0.2) is 15.0 Å². The van der Waals surface area contributed by atoms with Gasteiger partial charge >= 0.3 is 0 Å². The molecule has 0 N–H and O–H groups in total. The van der Waals surface area contributed by atoms with E-state index in [0.717, 1.165) is 33.4 Å². The van der Waals surface area contributed by atoms with Crippen LogP contribution >= 0.6 is 0 Å². The van der Waals surface area contributed by atoms with Crippen molar-refractivity contribution in [3.05, 3.63) is 235 Å². The van der Waals surface area contributed by atoms with Crippen LogP contribution in [-0.4, -0.2) is 15.0 Å². The van der Waals surface area contributed by atoms with Crippen molar-refractivity contribution < 1.29 is 0 Å². The van der Waals surface area contributed by atoms with Gasteiger partial charge in [-0.15, -0.1) is 0 Å². The van der Waals surface area contributed by atoms with E-state index in [-0.39, 0.29) is 0 Å². The quantitative estimate of drug-likeness (QED) is 0.166. The molecule has 0 spiro atoms. The third-order valence-corrected chi connectivity index (χ3v) is 10.8. The predicted molar refractivity (Wildman–Crippen MR) is 224 cm³/mol. The van der Waals surface area contributed by atoms with Gasteiger partial charge in [-0.3, -0.25) is 0 Å². The monoisotopic (exact) mass is 701 g/mol. The highest BCUT2D eigenvalue weighted by molar-refractivity contribution is 5.96. The van der Waals surface area contributed by atoms with Crippen LogP contribution in [0.3, 0.4) is 0 Å². The topological polar surface area (TPSA) is 38.7 Å². The number of rotatable bonds is 7. The third kappa shape index (κ3) is 5.57. The van der Waals surface area contributed by atoms with Crippen molar-refractivity contribution >= 4 is 0 Å². The normalized spacial score (nSPS) is 12.5. The number of aromatic nitrogens is 3. The molecular weight excluding hydrogens is 667 g/mol. The zero-order chi connectivity index (χ0) is 36.6. The Kier molecular flexibility index (Phi) is 8.04. The summed E-state index contributed by atoms with van der Waals surface area (Å²) in [6.07, 6.45) is 0. The van der Waals surface area contributed by atoms with Crippen molar-refractivity contribution in [2.75, 3.05) is 0 Å². The predicted octanol–water partition coefficient (Wildman–Crippen LogP) is 12.6. The summed E-state index contributed by atoms with van der Waals surface area (Å²) in [6.45, 7) is 0. The standard InChI is InChI=1S/C52H35N3/c1-5-18-36(19-6-1)38-22-15-24-40(34-38)50-53-49(37-20-7-2-8-21-37)54-51(55-50)41-25-16-23-39(35-41)44-31-17-33-47-48(44)45-30-13-14-32-46(45)52(47,42-26-9-3-10-27-42)43-28-11-4-12-29-43/h1-35H. The van der Waals surface area contributed by atoms with Crippen LogP contribution in [0.2, 0.25) is 0 Å². The third-order valence-electron chi connectivity index (χ3n) is 10.8. The molecule has 9 aromatic rings. The van der Waals surface area contributed by atoms with E-state index in [0.29, 0.717) is 17.5 Å². The van der Waals surface area contributed by atoms with Gasteiger partial charge in [0.15, 0.2) is 17.5 Å². The smallest absolute Gasteiger partial charge is 0.164 e. The highest BCUT2D eigenvalue weighted by Crippen LogP contribution is 2.58. The van der Waals surface area contributed by atoms with Gasteiger partial charge in [0.25, 0.3) is 0 Å². The fourth-order valence-corrected chi connectivity index (χ4v) is 8.38. The Morgan fingerprint density at radius 1 is 0.273 bits per heavy atom. The molecule has 3 nitrogen and oxygen atoms in total. The molecule has 0 unspecified atom stereocenters. The summed E-state index contributed by atoms with van der Waals surface area (Å²) in [7, 11) is 0. The Morgan fingerprint density at radius 2 is 0.673 bits per heavy atom. The summed E-state index contributed by atoms with van der Waals surface area (Å²) < 4.78 is 0. The van der Waals surface area contributed by atoms with Crippen LogP contribution in [0.25, 0.3) is 67.5 Å². The molecule has 3 heteroatoms. The summed E-state index contributed by atoms with van der Waals surface area (Å²) in [6, 6.07) is 75.3. The van der Waals surface area contributed by atoms with Crippen LogP contribution in [0.5, 0.6) is 0 Å². The molecule has 258 valence electrons. The zero-order valence-corrected chi connectivity index (χ0v) is 30.0. The fourth-order valence-electron chi connectivity index (χ4n) is 8.38. The summed E-state index contributed by atoms with van der Waals surface area (Å²) in [4.78, 5) is 15.3. The first kappa shape index (κ1) is 32.4. The molecule has 1 aliphatic rings. The van der Waals surface area contributed by atoms with E-state index in [9.17, 15) is 0 Å². The molecule has 0 bridgehead atoms. The van der Waals surface area contributed by atoms with Crippen LogP contribution < -0.4 is 0 Å². The maximum absolute atomic E-state index is 5.16. The first-order chi connectivity index (χ1) is 27.3. The summed E-state index contributed by atoms with van der Waals surface area (Å²) in [5.41, 5.74) is 14.5. The van der Waals surface area contributed by atoms with Crippen molar-refractivity contribution in [1.29, 1.82) is 0 Å². The molecule has 10 rings (SSSR count). The van der Waals surface area contributed by atoms with Crippen molar-refractivity contribution in [3.63, 3.8) is 0 Å². The van der Waals surface area contributed by atoms with Gasteiger partial charge in [0.2, 0.25) is 0 Å². The Labute approximate surface area is 321 Å². The lowest BCUT2D eigenvalue weighted by Crippen LogP contribution is -2.28. The van der Waals surface area contributed by atoms with E-state index in [2.05, 4.69) is 188 Å². The van der Waals surface area contributed by atoms with Crippen LogP contribution in [0.4, 0.5) is 0 Å². The first-order valence-corrected chi connectivity index (χ1v) is 18.7. The molecule has 8 aromatic carbocycles. The van der Waals surface area contributed by atoms with Crippen molar-refractivity contribution in [3.8, 4) is 67.5 Å². The van der Waals surface area contributed by atoms with Crippen molar-refractivity contribution in [2.24, 2.45) is 0 Å². The second-order valence-electron chi connectivity index (χ2n) is 14.0. The van der Waals surface area contributed by atoms with E-state index in [4.69, 9.17) is 15.0 Å². The Morgan fingerprint density at radius 3 is 1.29 bits per heavy atom. The Hall–Kier alpha value is -7.23. The Bertz CT molecular complexity index is 2760. The van der Waals surface area contributed by atoms with Gasteiger partial charge in [0, 0.05) is 16.7 Å². The number of fused-ring (bicyclic) bond motifs is 3. The minimum atomic E-state index is -0.468. The molecule has 0 saturated carbocycles. The molecule has 0 atom stereocenters. The maximum atomic E-state index is 5.16. The lowest BCUT2D eigenvalue weighted by Gasteiger charge is -2.34. The molecular formula is C52H35N3. The highest BCUT2D eigenvalue weighted by atomic mass is 15.0. The van der Waals surface area contributed by atoms with Gasteiger partial charge in [0.05, 0.1) is 5.41 Å². The van der Waals surface area contributed by atoms with Crippen molar-refractivity contribution in [1.82, 2.24) is 15.0 Å². The highest BCUT2D eigenvalue weighted by Gasteiger charge is 2.46. The maximum Gasteiger partial charge on any atom is 0.164 e. The first-order valence-electron chi connectivity index (χ1n) is 18.7. The summed E-state index contributed by atoms with van der Waals surface area (Å²) in [5, 5.41) is 0. The van der Waals surface area contributed by atoms with E-state index in [1.54, 1.807) is 0 Å². The average molecular weight is 702 g/mol. The summed E-state index contributed by atoms with van der Waals surface area (Å²) >= 11 is 0. The molecule has 0 fully saturated rings. The Balaban J connectivity index is 1.15. The van der Waals surface area contributed by atoms with Gasteiger partial charge in [-0.2, -0.15) is 0 Å². The van der Waals surface area contributed by atoms with Crippen molar-refractivity contribution in [2.45, 2.75) is 5.41 Å². The molecule has 1 heterocycles. The largest absolute Gasteiger partial charge is 0.208 e. The number of hydrogen-bond acceptors (Lipinski definition) is 3. The molecule has 1 aromatic heterocycles. The fraction of sp³-hybridized carbons (Fsp3) is 0.0192. The molecule has 55 heavy (non-hydrogen) atoms. The minimum absolute atomic E-state index is 0.468. The molecule has 0 saturated heterocycles. The number of nitrogens with zero attached hydrogens (tertiary/aromatic N) is 3. The van der Waals surface area contributed by atoms with E-state index < -0.39 is 5.41 Å². The van der Waals surface area contributed by atoms with Crippen LogP contribution in [0.15, 0.2) is 212 Å². The number of benzene rings is 8. The van der Waals surface area contributed by atoms with Crippen LogP contribution in [-0.2, 0) is 5.41 Å².